The van der Waals surface area contributed by atoms with Gasteiger partial charge < -0.3 is 10.1 Å². The van der Waals surface area contributed by atoms with Crippen LogP contribution in [0.5, 0.6) is 5.75 Å². The fraction of sp³-hybridized carbons (Fsp3) is 0.200. The van der Waals surface area contributed by atoms with Crippen molar-refractivity contribution in [2.45, 2.75) is 13.5 Å². The van der Waals surface area contributed by atoms with Gasteiger partial charge in [0.25, 0.3) is 5.91 Å². The number of aryl methyl sites for hydroxylation is 1. The Hall–Kier alpha value is -2.06. The largest absolute Gasteiger partial charge is 0.484 e. The van der Waals surface area contributed by atoms with Crippen LogP contribution in [0.2, 0.25) is 0 Å². The quantitative estimate of drug-likeness (QED) is 0.678. The van der Waals surface area contributed by atoms with E-state index in [9.17, 15) is 9.59 Å². The molecule has 3 amide bonds. The Morgan fingerprint density at radius 2 is 1.87 bits per heavy atom. The van der Waals surface area contributed by atoms with Crippen molar-refractivity contribution >= 4 is 39.2 Å². The first-order valence-electron chi connectivity index (χ1n) is 6.79. The van der Waals surface area contributed by atoms with Crippen molar-refractivity contribution in [3.63, 3.8) is 0 Å². The van der Waals surface area contributed by atoms with Crippen LogP contribution < -0.4 is 20.9 Å². The van der Waals surface area contributed by atoms with Gasteiger partial charge in [0.1, 0.15) is 5.75 Å². The SMILES string of the molecule is Cc1ccc(CNC(=O)NNC(=O)COc2ccc(Br)cc2)s1. The van der Waals surface area contributed by atoms with E-state index in [1.54, 1.807) is 23.5 Å². The van der Waals surface area contributed by atoms with E-state index < -0.39 is 11.9 Å². The van der Waals surface area contributed by atoms with Crippen LogP contribution in [0.15, 0.2) is 40.9 Å². The summed E-state index contributed by atoms with van der Waals surface area (Å²) in [6.07, 6.45) is 0. The average molecular weight is 398 g/mol. The second-order valence-electron chi connectivity index (χ2n) is 4.61. The second kappa shape index (κ2) is 8.54. The number of urea groups is 1. The molecule has 8 heteroatoms. The van der Waals surface area contributed by atoms with Gasteiger partial charge in [0.15, 0.2) is 6.61 Å². The summed E-state index contributed by atoms with van der Waals surface area (Å²) < 4.78 is 6.21. The summed E-state index contributed by atoms with van der Waals surface area (Å²) in [5, 5.41) is 2.65. The van der Waals surface area contributed by atoms with E-state index in [1.165, 1.54) is 4.88 Å². The molecule has 1 aromatic heterocycles. The van der Waals surface area contributed by atoms with Gasteiger partial charge in [-0.3, -0.25) is 10.2 Å². The molecule has 122 valence electrons. The lowest BCUT2D eigenvalue weighted by atomic mass is 10.3. The van der Waals surface area contributed by atoms with Crippen molar-refractivity contribution in [2.24, 2.45) is 0 Å². The Morgan fingerprint density at radius 3 is 2.52 bits per heavy atom. The van der Waals surface area contributed by atoms with E-state index >= 15 is 0 Å². The Kier molecular flexibility index (Phi) is 6.42. The fourth-order valence-electron chi connectivity index (χ4n) is 1.63. The van der Waals surface area contributed by atoms with E-state index in [0.717, 1.165) is 9.35 Å². The van der Waals surface area contributed by atoms with E-state index in [1.807, 2.05) is 31.2 Å². The third-order valence-corrected chi connectivity index (χ3v) is 4.25. The van der Waals surface area contributed by atoms with Gasteiger partial charge in [-0.25, -0.2) is 10.2 Å². The summed E-state index contributed by atoms with van der Waals surface area (Å²) in [4.78, 5) is 25.4. The van der Waals surface area contributed by atoms with Crippen molar-refractivity contribution in [1.82, 2.24) is 16.2 Å². The van der Waals surface area contributed by atoms with E-state index in [4.69, 9.17) is 4.74 Å². The number of ether oxygens (including phenoxy) is 1. The second-order valence-corrected chi connectivity index (χ2v) is 6.90. The molecular weight excluding hydrogens is 382 g/mol. The number of thiophene rings is 1. The molecule has 0 aliphatic rings. The highest BCUT2D eigenvalue weighted by Crippen LogP contribution is 2.16. The number of hydrogen-bond donors (Lipinski definition) is 3. The van der Waals surface area contributed by atoms with Gasteiger partial charge in [-0.2, -0.15) is 0 Å². The molecule has 2 aromatic rings. The topological polar surface area (TPSA) is 79.5 Å². The molecule has 0 bridgehead atoms. The van der Waals surface area contributed by atoms with E-state index in [-0.39, 0.29) is 6.61 Å². The van der Waals surface area contributed by atoms with Gasteiger partial charge in [0.05, 0.1) is 6.54 Å². The molecule has 0 unspecified atom stereocenters. The van der Waals surface area contributed by atoms with E-state index in [0.29, 0.717) is 12.3 Å². The van der Waals surface area contributed by atoms with Gasteiger partial charge in [0.2, 0.25) is 0 Å². The number of hydrogen-bond acceptors (Lipinski definition) is 4. The van der Waals surface area contributed by atoms with Crippen LogP contribution in [0, 0.1) is 6.92 Å². The molecule has 0 saturated carbocycles. The van der Waals surface area contributed by atoms with Crippen molar-refractivity contribution < 1.29 is 14.3 Å². The summed E-state index contributed by atoms with van der Waals surface area (Å²) in [6, 6.07) is 10.6. The first-order chi connectivity index (χ1) is 11.0. The zero-order valence-electron chi connectivity index (χ0n) is 12.4. The molecule has 1 aromatic carbocycles. The monoisotopic (exact) mass is 397 g/mol. The van der Waals surface area contributed by atoms with Gasteiger partial charge >= 0.3 is 6.03 Å². The van der Waals surface area contributed by atoms with Crippen LogP contribution in [0.1, 0.15) is 9.75 Å². The number of nitrogens with one attached hydrogen (secondary N) is 3. The summed E-state index contributed by atoms with van der Waals surface area (Å²) in [7, 11) is 0. The minimum absolute atomic E-state index is 0.188. The normalized spacial score (nSPS) is 10.0. The minimum atomic E-state index is -0.479. The van der Waals surface area contributed by atoms with Crippen LogP contribution in [0.3, 0.4) is 0 Å². The molecule has 0 aliphatic heterocycles. The summed E-state index contributed by atoms with van der Waals surface area (Å²) >= 11 is 4.92. The van der Waals surface area contributed by atoms with Gasteiger partial charge in [0, 0.05) is 14.2 Å². The van der Waals surface area contributed by atoms with Crippen molar-refractivity contribution in [3.8, 4) is 5.75 Å². The van der Waals surface area contributed by atoms with Crippen molar-refractivity contribution in [1.29, 1.82) is 0 Å². The lowest BCUT2D eigenvalue weighted by Gasteiger charge is -2.09. The maximum atomic E-state index is 11.6. The number of rotatable bonds is 5. The van der Waals surface area contributed by atoms with Crippen LogP contribution in [-0.4, -0.2) is 18.5 Å². The highest BCUT2D eigenvalue weighted by atomic mass is 79.9. The molecule has 0 spiro atoms. The molecule has 23 heavy (non-hydrogen) atoms. The van der Waals surface area contributed by atoms with Crippen LogP contribution >= 0.6 is 27.3 Å². The molecular formula is C15H16BrN3O3S. The van der Waals surface area contributed by atoms with Gasteiger partial charge in [-0.15, -0.1) is 11.3 Å². The Bertz CT molecular complexity index is 673. The van der Waals surface area contributed by atoms with E-state index in [2.05, 4.69) is 32.1 Å². The molecule has 0 aliphatic carbocycles. The summed E-state index contributed by atoms with van der Waals surface area (Å²) in [6.45, 7) is 2.22. The molecule has 2 rings (SSSR count). The van der Waals surface area contributed by atoms with Crippen LogP contribution in [0.4, 0.5) is 4.79 Å². The zero-order valence-corrected chi connectivity index (χ0v) is 14.8. The maximum absolute atomic E-state index is 11.6. The molecule has 6 nitrogen and oxygen atoms in total. The molecule has 0 atom stereocenters. The predicted molar refractivity (Wildman–Crippen MR) is 92.2 cm³/mol. The highest BCUT2D eigenvalue weighted by molar-refractivity contribution is 9.10. The number of benzene rings is 1. The number of carbonyl (C=O) groups is 2. The fourth-order valence-corrected chi connectivity index (χ4v) is 2.73. The third kappa shape index (κ3) is 6.29. The minimum Gasteiger partial charge on any atom is -0.484 e. The van der Waals surface area contributed by atoms with Crippen LogP contribution in [0.25, 0.3) is 0 Å². The highest BCUT2D eigenvalue weighted by Gasteiger charge is 2.06. The maximum Gasteiger partial charge on any atom is 0.333 e. The third-order valence-electron chi connectivity index (χ3n) is 2.72. The lowest BCUT2D eigenvalue weighted by Crippen LogP contribution is -2.48. The summed E-state index contributed by atoms with van der Waals surface area (Å²) in [5.41, 5.74) is 4.55. The number of amides is 3. The molecule has 1 heterocycles. The molecule has 0 radical (unpaired) electrons. The van der Waals surface area contributed by atoms with Crippen LogP contribution in [-0.2, 0) is 11.3 Å². The van der Waals surface area contributed by atoms with Crippen molar-refractivity contribution in [3.05, 3.63) is 50.6 Å². The lowest BCUT2D eigenvalue weighted by molar-refractivity contribution is -0.123. The standard InChI is InChI=1S/C15H16BrN3O3S/c1-10-2-7-13(23-10)8-17-15(21)19-18-14(20)9-22-12-5-3-11(16)4-6-12/h2-7H,8-9H2,1H3,(H,18,20)(H2,17,19,21). The predicted octanol–water partition coefficient (Wildman–Crippen LogP) is 2.73. The average Bonchev–Trinajstić information content (AvgIpc) is 2.96. The zero-order chi connectivity index (χ0) is 16.7. The Balaban J connectivity index is 1.63. The molecule has 0 fully saturated rings. The van der Waals surface area contributed by atoms with Crippen molar-refractivity contribution in [2.75, 3.05) is 6.61 Å². The number of hydrazine groups is 1. The first kappa shape index (κ1) is 17.3. The first-order valence-corrected chi connectivity index (χ1v) is 8.40. The molecule has 0 saturated heterocycles. The number of carbonyl (C=O) groups excluding carboxylic acids is 2. The van der Waals surface area contributed by atoms with Gasteiger partial charge in [-0.1, -0.05) is 15.9 Å². The molecule has 3 N–H and O–H groups in total. The Morgan fingerprint density at radius 1 is 1.13 bits per heavy atom. The Labute approximate surface area is 146 Å². The number of halogens is 1. The van der Waals surface area contributed by atoms with Gasteiger partial charge in [-0.05, 0) is 43.3 Å². The smallest absolute Gasteiger partial charge is 0.333 e. The summed E-state index contributed by atoms with van der Waals surface area (Å²) in [5.74, 6) is 0.121.